The number of aliphatic hydroxyl groups is 3. The Morgan fingerprint density at radius 3 is 2.35 bits per heavy atom. The molecule has 11 heteroatoms. The third-order valence-electron chi connectivity index (χ3n) is 3.25. The second kappa shape index (κ2) is 8.74. The van der Waals surface area contributed by atoms with Crippen molar-refractivity contribution in [3.8, 4) is 0 Å². The van der Waals surface area contributed by atoms with Gasteiger partial charge < -0.3 is 31.1 Å². The van der Waals surface area contributed by atoms with E-state index in [0.717, 1.165) is 0 Å². The van der Waals surface area contributed by atoms with Crippen LogP contribution in [0.4, 0.5) is 0 Å². The largest absolute Gasteiger partial charge is 0.394 e. The summed E-state index contributed by atoms with van der Waals surface area (Å²) in [5, 5.41) is 31.4. The van der Waals surface area contributed by atoms with Gasteiger partial charge in [0.1, 0.15) is 24.5 Å². The van der Waals surface area contributed by atoms with Crippen molar-refractivity contribution in [3.63, 3.8) is 0 Å². The van der Waals surface area contributed by atoms with E-state index in [1.807, 2.05) is 0 Å². The van der Waals surface area contributed by atoms with Crippen molar-refractivity contribution in [3.05, 3.63) is 0 Å². The first kappa shape index (κ1) is 19.3. The number of rotatable bonds is 7. The number of nitrogens with two attached hydrogens (primary N) is 1. The fourth-order valence-electron chi connectivity index (χ4n) is 2.09. The maximum atomic E-state index is 11.5. The molecule has 0 radical (unpaired) electrons. The van der Waals surface area contributed by atoms with Crippen molar-refractivity contribution in [2.24, 2.45) is 5.73 Å². The zero-order valence-corrected chi connectivity index (χ0v) is 12.6. The van der Waals surface area contributed by atoms with Crippen LogP contribution >= 0.6 is 0 Å². The second-order valence-electron chi connectivity index (χ2n) is 5.14. The van der Waals surface area contributed by atoms with Crippen molar-refractivity contribution in [2.75, 3.05) is 6.61 Å². The Morgan fingerprint density at radius 1 is 1.17 bits per heavy atom. The number of hydrogen-bond acceptors (Lipinski definition) is 8. The molecule has 5 atom stereocenters. The zero-order chi connectivity index (χ0) is 17.6. The van der Waals surface area contributed by atoms with Gasteiger partial charge in [0.2, 0.25) is 17.7 Å². The van der Waals surface area contributed by atoms with Crippen LogP contribution in [0.3, 0.4) is 0 Å². The fraction of sp³-hybridized carbons (Fsp3) is 0.750. The normalized spacial score (nSPS) is 30.5. The highest BCUT2D eigenvalue weighted by Crippen LogP contribution is 2.19. The molecule has 0 aliphatic carbocycles. The summed E-state index contributed by atoms with van der Waals surface area (Å²) in [5.41, 5.74) is 9.61. The molecule has 0 aromatic carbocycles. The van der Waals surface area contributed by atoms with Crippen molar-refractivity contribution in [2.45, 2.75) is 50.3 Å². The van der Waals surface area contributed by atoms with E-state index >= 15 is 0 Å². The minimum atomic E-state index is -1.43. The van der Waals surface area contributed by atoms with Crippen molar-refractivity contribution in [1.29, 1.82) is 0 Å². The van der Waals surface area contributed by atoms with E-state index in [1.54, 1.807) is 0 Å². The van der Waals surface area contributed by atoms with Crippen LogP contribution < -0.4 is 21.9 Å². The Kier molecular flexibility index (Phi) is 7.32. The molecule has 23 heavy (non-hydrogen) atoms. The standard InChI is InChI=1S/C12H22N4O7/c1-5(18)14-9-11(22)10(21)6(4-17)23-12(9)16-15-8(20)3-2-7(13)19/h6,9-12,16-17,21-22H,2-4H2,1H3,(H2,13,19)(H,14,18)(H,15,20)/t6-,9-,10+,11-,12-/m1/s1. The van der Waals surface area contributed by atoms with Gasteiger partial charge in [-0.05, 0) is 0 Å². The number of hydrogen-bond donors (Lipinski definition) is 7. The molecule has 1 saturated heterocycles. The van der Waals surface area contributed by atoms with Crippen molar-refractivity contribution >= 4 is 17.7 Å². The lowest BCUT2D eigenvalue weighted by Gasteiger charge is -2.42. The molecule has 0 aromatic rings. The van der Waals surface area contributed by atoms with Crippen LogP contribution in [0.5, 0.6) is 0 Å². The minimum absolute atomic E-state index is 0.144. The summed E-state index contributed by atoms with van der Waals surface area (Å²) in [6.45, 7) is 0.637. The van der Waals surface area contributed by atoms with E-state index in [2.05, 4.69) is 16.2 Å². The topological polar surface area (TPSA) is 183 Å². The molecule has 1 aliphatic heterocycles. The molecule has 0 saturated carbocycles. The SMILES string of the molecule is CC(=O)N[C@@H]1[C@@H](O)[C@@H](O)[C@@H](CO)O[C@H]1NNC(=O)CCC(N)=O. The molecule has 0 unspecified atom stereocenters. The highest BCUT2D eigenvalue weighted by molar-refractivity contribution is 5.82. The van der Waals surface area contributed by atoms with Crippen molar-refractivity contribution in [1.82, 2.24) is 16.2 Å². The monoisotopic (exact) mass is 334 g/mol. The first-order valence-corrected chi connectivity index (χ1v) is 6.98. The number of carbonyl (C=O) groups is 3. The summed E-state index contributed by atoms with van der Waals surface area (Å²) >= 11 is 0. The van der Waals surface area contributed by atoms with E-state index in [4.69, 9.17) is 15.6 Å². The Labute approximate surface area is 132 Å². The lowest BCUT2D eigenvalue weighted by atomic mass is 9.96. The van der Waals surface area contributed by atoms with E-state index < -0.39 is 54.9 Å². The first-order valence-electron chi connectivity index (χ1n) is 6.98. The molecule has 1 fully saturated rings. The Balaban J connectivity index is 2.68. The van der Waals surface area contributed by atoms with Crippen molar-refractivity contribution < 1.29 is 34.4 Å². The number of aliphatic hydroxyl groups excluding tert-OH is 3. The molecular weight excluding hydrogens is 312 g/mol. The molecule has 11 nitrogen and oxygen atoms in total. The number of amides is 3. The highest BCUT2D eigenvalue weighted by atomic mass is 16.5. The van der Waals surface area contributed by atoms with E-state index in [0.29, 0.717) is 0 Å². The second-order valence-corrected chi connectivity index (χ2v) is 5.14. The lowest BCUT2D eigenvalue weighted by molar-refractivity contribution is -0.205. The van der Waals surface area contributed by atoms with Crippen LogP contribution in [0.1, 0.15) is 19.8 Å². The Bertz CT molecular complexity index is 447. The summed E-state index contributed by atoms with van der Waals surface area (Å²) in [6.07, 6.45) is -5.35. The number of ether oxygens (including phenoxy) is 1. The van der Waals surface area contributed by atoms with Gasteiger partial charge in [-0.25, -0.2) is 5.43 Å². The third kappa shape index (κ3) is 5.73. The zero-order valence-electron chi connectivity index (χ0n) is 12.6. The third-order valence-corrected chi connectivity index (χ3v) is 3.25. The molecule has 132 valence electrons. The average molecular weight is 334 g/mol. The van der Waals surface area contributed by atoms with Gasteiger partial charge in [-0.1, -0.05) is 0 Å². The maximum absolute atomic E-state index is 11.5. The summed E-state index contributed by atoms with van der Waals surface area (Å²) in [5.74, 6) is -1.68. The van der Waals surface area contributed by atoms with Crippen LogP contribution in [0.2, 0.25) is 0 Å². The molecule has 0 bridgehead atoms. The van der Waals surface area contributed by atoms with E-state index in [9.17, 15) is 24.6 Å². The number of hydrazine groups is 1. The van der Waals surface area contributed by atoms with Gasteiger partial charge >= 0.3 is 0 Å². The molecule has 8 N–H and O–H groups in total. The van der Waals surface area contributed by atoms with Crippen LogP contribution in [0.15, 0.2) is 0 Å². The van der Waals surface area contributed by atoms with E-state index in [1.165, 1.54) is 6.92 Å². The number of carbonyl (C=O) groups excluding carboxylic acids is 3. The molecule has 0 aromatic heterocycles. The predicted molar refractivity (Wildman–Crippen MR) is 75.1 cm³/mol. The van der Waals surface area contributed by atoms with Gasteiger partial charge in [0, 0.05) is 19.8 Å². The maximum Gasteiger partial charge on any atom is 0.234 e. The number of nitrogens with one attached hydrogen (secondary N) is 3. The lowest BCUT2D eigenvalue weighted by Crippen LogP contribution is -2.69. The minimum Gasteiger partial charge on any atom is -0.394 e. The Hall–Kier alpha value is -1.79. The van der Waals surface area contributed by atoms with Gasteiger partial charge in [-0.15, -0.1) is 0 Å². The molecule has 3 amide bonds. The smallest absolute Gasteiger partial charge is 0.234 e. The number of primary amides is 1. The summed E-state index contributed by atoms with van der Waals surface area (Å²) in [6, 6.07) is -1.07. The molecular formula is C12H22N4O7. The van der Waals surface area contributed by atoms with Gasteiger partial charge in [0.25, 0.3) is 0 Å². The summed E-state index contributed by atoms with van der Waals surface area (Å²) < 4.78 is 5.32. The van der Waals surface area contributed by atoms with Crippen LogP contribution in [-0.4, -0.2) is 70.2 Å². The van der Waals surface area contributed by atoms with Gasteiger partial charge in [-0.3, -0.25) is 19.8 Å². The van der Waals surface area contributed by atoms with E-state index in [-0.39, 0.29) is 12.8 Å². The first-order chi connectivity index (χ1) is 10.8. The summed E-state index contributed by atoms with van der Waals surface area (Å²) in [7, 11) is 0. The van der Waals surface area contributed by atoms with Crippen LogP contribution in [-0.2, 0) is 19.1 Å². The average Bonchev–Trinajstić information content (AvgIpc) is 2.48. The van der Waals surface area contributed by atoms with Gasteiger partial charge in [0.05, 0.1) is 12.6 Å². The highest BCUT2D eigenvalue weighted by Gasteiger charge is 2.44. The van der Waals surface area contributed by atoms with Crippen LogP contribution in [0, 0.1) is 0 Å². The van der Waals surface area contributed by atoms with Gasteiger partial charge in [-0.2, -0.15) is 0 Å². The van der Waals surface area contributed by atoms with Crippen LogP contribution in [0.25, 0.3) is 0 Å². The molecule has 1 rings (SSSR count). The van der Waals surface area contributed by atoms with Gasteiger partial charge in [0.15, 0.2) is 0 Å². The molecule has 0 spiro atoms. The quantitative estimate of drug-likeness (QED) is 0.229. The fourth-order valence-corrected chi connectivity index (χ4v) is 2.09. The predicted octanol–water partition coefficient (Wildman–Crippen LogP) is -4.18. The molecule has 1 heterocycles. The molecule has 1 aliphatic rings. The Morgan fingerprint density at radius 2 is 1.83 bits per heavy atom. The summed E-state index contributed by atoms with van der Waals surface area (Å²) in [4.78, 5) is 33.3.